The topological polar surface area (TPSA) is 38.7 Å². The molecule has 3 nitrogen and oxygen atoms in total. The highest BCUT2D eigenvalue weighted by atomic mass is 15.0. The number of allylic oxidation sites excluding steroid dienone is 12. The lowest BCUT2D eigenvalue weighted by Gasteiger charge is -2.42. The van der Waals surface area contributed by atoms with Gasteiger partial charge in [0.05, 0.1) is 0 Å². The lowest BCUT2D eigenvalue weighted by Crippen LogP contribution is -2.29. The largest absolute Gasteiger partial charge is 0.212 e. The van der Waals surface area contributed by atoms with Crippen molar-refractivity contribution in [1.82, 2.24) is 15.0 Å². The van der Waals surface area contributed by atoms with E-state index in [1.165, 1.54) is 54.4 Å². The van der Waals surface area contributed by atoms with Crippen molar-refractivity contribution in [2.75, 3.05) is 0 Å². The van der Waals surface area contributed by atoms with Crippen molar-refractivity contribution >= 4 is 10.8 Å². The number of aromatic nitrogens is 3. The van der Waals surface area contributed by atoms with Gasteiger partial charge in [-0.3, -0.25) is 0 Å². The second-order valence-electron chi connectivity index (χ2n) is 14.8. The molecule has 0 spiro atoms. The van der Waals surface area contributed by atoms with Crippen LogP contribution in [0, 0.1) is 17.5 Å². The van der Waals surface area contributed by atoms with Crippen LogP contribution in [0.2, 0.25) is 0 Å². The van der Waals surface area contributed by atoms with Crippen LogP contribution in [0.5, 0.6) is 0 Å². The zero-order chi connectivity index (χ0) is 34.7. The van der Waals surface area contributed by atoms with Crippen molar-refractivity contribution in [1.29, 1.82) is 0 Å². The quantitative estimate of drug-likeness (QED) is 0.173. The number of benzene rings is 3. The molecule has 9 rings (SSSR count). The number of hydrogen-bond acceptors (Lipinski definition) is 3. The fourth-order valence-electron chi connectivity index (χ4n) is 8.81. The number of fused-ring (bicyclic) bond motifs is 1. The smallest absolute Gasteiger partial charge is 0.165 e. The molecule has 3 heteroatoms. The summed E-state index contributed by atoms with van der Waals surface area (Å²) in [6, 6.07) is 36.2. The van der Waals surface area contributed by atoms with Crippen LogP contribution in [0.4, 0.5) is 0 Å². The van der Waals surface area contributed by atoms with E-state index in [1.54, 1.807) is 0 Å². The Bertz CT molecular complexity index is 2270. The predicted octanol–water partition coefficient (Wildman–Crippen LogP) is 12.1. The van der Waals surface area contributed by atoms with Gasteiger partial charge < -0.3 is 0 Å². The summed E-state index contributed by atoms with van der Waals surface area (Å²) in [6.45, 7) is 0. The summed E-state index contributed by atoms with van der Waals surface area (Å²) >= 11 is 0. The minimum absolute atomic E-state index is 0.0665. The van der Waals surface area contributed by atoms with Gasteiger partial charge in [0.25, 0.3) is 0 Å². The summed E-state index contributed by atoms with van der Waals surface area (Å²) in [6.07, 6.45) is 33.0. The summed E-state index contributed by atoms with van der Waals surface area (Å²) in [5.74, 6) is 3.16. The first kappa shape index (κ1) is 32.3. The molecule has 4 aromatic carbocycles. The molecule has 52 heavy (non-hydrogen) atoms. The van der Waals surface area contributed by atoms with Crippen LogP contribution in [0.25, 0.3) is 33.5 Å². The van der Waals surface area contributed by atoms with E-state index >= 15 is 0 Å². The molecule has 3 atom stereocenters. The summed E-state index contributed by atoms with van der Waals surface area (Å²) in [7, 11) is 0. The van der Waals surface area contributed by atoms with E-state index in [2.05, 4.69) is 127 Å². The molecule has 0 amide bonds. The minimum Gasteiger partial charge on any atom is -0.212 e. The van der Waals surface area contributed by atoms with Crippen molar-refractivity contribution in [3.05, 3.63) is 186 Å². The molecule has 1 fully saturated rings. The highest BCUT2D eigenvalue weighted by molar-refractivity contribution is 5.93. The molecule has 0 bridgehead atoms. The molecule has 4 aliphatic rings. The minimum atomic E-state index is 0.0665. The first-order valence-electron chi connectivity index (χ1n) is 19.1. The van der Waals surface area contributed by atoms with Crippen LogP contribution in [0.3, 0.4) is 0 Å². The summed E-state index contributed by atoms with van der Waals surface area (Å²) in [4.78, 5) is 15.3. The molecular weight excluding hydrogens is 631 g/mol. The highest BCUT2D eigenvalue weighted by Gasteiger charge is 2.39. The maximum absolute atomic E-state index is 5.15. The van der Waals surface area contributed by atoms with Gasteiger partial charge >= 0.3 is 0 Å². The monoisotopic (exact) mass is 673 g/mol. The van der Waals surface area contributed by atoms with E-state index in [4.69, 9.17) is 15.0 Å². The summed E-state index contributed by atoms with van der Waals surface area (Å²) < 4.78 is 0. The molecule has 0 saturated heterocycles. The van der Waals surface area contributed by atoms with Gasteiger partial charge in [-0.25, -0.2) is 15.0 Å². The highest BCUT2D eigenvalue weighted by Crippen LogP contribution is 2.52. The normalized spacial score (nSPS) is 22.1. The average molecular weight is 674 g/mol. The standard InChI is InChI=1S/C49H43N3/c1-4-14-35(15-5-1)40-20-12-21-41(34-40)36-24-28-42(29-25-36)49(32-10-3-11-33-49)43-30-26-39(27-31-43)47-50-46(38-17-6-2-7-18-38)51-48(52-47)45-23-13-19-37-16-8-9-22-44(37)45/h1-2,4-9,12,14,16-18,20-24,26,28-31,34-36,39H,3,10-11,15,25,27,32-33H2/t35?,36?,39-/m0/s1. The maximum Gasteiger partial charge on any atom is 0.165 e. The molecule has 2 unspecified atom stereocenters. The van der Waals surface area contributed by atoms with Gasteiger partial charge in [-0.2, -0.15) is 0 Å². The molecule has 4 aliphatic carbocycles. The van der Waals surface area contributed by atoms with Crippen molar-refractivity contribution in [3.8, 4) is 22.8 Å². The number of rotatable bonds is 7. The SMILES string of the molecule is c1cc(-c2nc(-c3ccccc3)nc([C@H]3C=CC(C4(C5=CCC(c6cccc(C7C=CC=CC7)c6)C=C5)CCCCC4)=CC3)n2)c2ccccc2c#1. The summed E-state index contributed by atoms with van der Waals surface area (Å²) in [5.41, 5.74) is 7.83. The van der Waals surface area contributed by atoms with Crippen LogP contribution >= 0.6 is 0 Å². The Balaban J connectivity index is 0.998. The Kier molecular flexibility index (Phi) is 8.83. The van der Waals surface area contributed by atoms with Crippen molar-refractivity contribution in [3.63, 3.8) is 0 Å². The van der Waals surface area contributed by atoms with Gasteiger partial charge in [-0.15, -0.1) is 0 Å². The van der Waals surface area contributed by atoms with Gasteiger partial charge in [0.1, 0.15) is 5.82 Å². The Hall–Kier alpha value is -5.59. The Morgan fingerprint density at radius 3 is 2.06 bits per heavy atom. The van der Waals surface area contributed by atoms with E-state index in [0.29, 0.717) is 23.5 Å². The van der Waals surface area contributed by atoms with Crippen molar-refractivity contribution in [2.45, 2.75) is 69.1 Å². The predicted molar refractivity (Wildman–Crippen MR) is 213 cm³/mol. The number of nitrogens with zero attached hydrogens (tertiary/aromatic N) is 3. The zero-order valence-electron chi connectivity index (χ0n) is 29.6. The van der Waals surface area contributed by atoms with E-state index in [0.717, 1.165) is 47.0 Å². The third-order valence-electron chi connectivity index (χ3n) is 11.7. The summed E-state index contributed by atoms with van der Waals surface area (Å²) in [5, 5.41) is 2.08. The van der Waals surface area contributed by atoms with Crippen LogP contribution < -0.4 is 0 Å². The fourth-order valence-corrected chi connectivity index (χ4v) is 8.81. The van der Waals surface area contributed by atoms with Gasteiger partial charge in [-0.05, 0) is 60.4 Å². The first-order chi connectivity index (χ1) is 25.7. The third-order valence-corrected chi connectivity index (χ3v) is 11.7. The zero-order valence-corrected chi connectivity index (χ0v) is 29.6. The first-order valence-corrected chi connectivity index (χ1v) is 19.1. The van der Waals surface area contributed by atoms with Gasteiger partial charge in [0.15, 0.2) is 11.6 Å². The molecule has 0 aliphatic heterocycles. The van der Waals surface area contributed by atoms with Crippen LogP contribution in [-0.4, -0.2) is 15.0 Å². The Labute approximate surface area is 308 Å². The Morgan fingerprint density at radius 2 is 1.33 bits per heavy atom. The second-order valence-corrected chi connectivity index (χ2v) is 14.8. The molecule has 0 N–H and O–H groups in total. The van der Waals surface area contributed by atoms with Gasteiger partial charge in [0, 0.05) is 51.1 Å². The van der Waals surface area contributed by atoms with Gasteiger partial charge in [-0.1, -0.05) is 165 Å². The second kappa shape index (κ2) is 14.2. The lowest BCUT2D eigenvalue weighted by atomic mass is 9.62. The third kappa shape index (κ3) is 6.28. The average Bonchev–Trinajstić information content (AvgIpc) is 3.24. The fraction of sp³-hybridized carbons (Fsp3) is 0.245. The van der Waals surface area contributed by atoms with E-state index in [-0.39, 0.29) is 11.3 Å². The molecule has 1 heterocycles. The van der Waals surface area contributed by atoms with Crippen LogP contribution in [-0.2, 0) is 0 Å². The molecule has 5 aromatic rings. The Morgan fingerprint density at radius 1 is 0.615 bits per heavy atom. The molecule has 1 aromatic heterocycles. The van der Waals surface area contributed by atoms with Crippen molar-refractivity contribution < 1.29 is 0 Å². The maximum atomic E-state index is 5.15. The molecule has 254 valence electrons. The molecule has 0 radical (unpaired) electrons. The van der Waals surface area contributed by atoms with Gasteiger partial charge in [0.2, 0.25) is 0 Å². The van der Waals surface area contributed by atoms with Crippen LogP contribution in [0.1, 0.15) is 86.1 Å². The van der Waals surface area contributed by atoms with E-state index < -0.39 is 0 Å². The number of hydrogen-bond donors (Lipinski definition) is 0. The van der Waals surface area contributed by atoms with Crippen LogP contribution in [0.15, 0.2) is 157 Å². The van der Waals surface area contributed by atoms with Crippen molar-refractivity contribution in [2.24, 2.45) is 5.41 Å². The van der Waals surface area contributed by atoms with E-state index in [1.807, 2.05) is 30.3 Å². The van der Waals surface area contributed by atoms with E-state index in [9.17, 15) is 0 Å². The lowest BCUT2D eigenvalue weighted by molar-refractivity contribution is 0.297. The molecular formula is C49H43N3. The molecule has 1 saturated carbocycles.